The topological polar surface area (TPSA) is 57.6 Å². The number of hydrogen-bond donors (Lipinski definition) is 1. The summed E-state index contributed by atoms with van der Waals surface area (Å²) in [5.41, 5.74) is 0. The number of allylic oxidation sites excluding steroid dienone is 2. The Morgan fingerprint density at radius 3 is 2.44 bits per heavy atom. The third-order valence-corrected chi connectivity index (χ3v) is 4.30. The molecule has 0 aromatic heterocycles. The average molecular weight is 271 g/mol. The first-order valence-electron chi connectivity index (χ1n) is 6.12. The van der Waals surface area contributed by atoms with E-state index >= 15 is 0 Å². The van der Waals surface area contributed by atoms with Crippen molar-refractivity contribution in [1.29, 1.82) is 0 Å². The zero-order chi connectivity index (χ0) is 13.7. The van der Waals surface area contributed by atoms with E-state index in [1.54, 1.807) is 23.7 Å². The van der Waals surface area contributed by atoms with Gasteiger partial charge >= 0.3 is 5.97 Å². The molecule has 102 valence electrons. The molecule has 0 saturated heterocycles. The van der Waals surface area contributed by atoms with Crippen LogP contribution in [-0.2, 0) is 9.59 Å². The second kappa shape index (κ2) is 6.83. The maximum atomic E-state index is 12.3. The van der Waals surface area contributed by atoms with Crippen LogP contribution in [0.3, 0.4) is 0 Å². The van der Waals surface area contributed by atoms with Crippen molar-refractivity contribution < 1.29 is 14.7 Å². The van der Waals surface area contributed by atoms with Gasteiger partial charge in [0.15, 0.2) is 0 Å². The minimum absolute atomic E-state index is 0.0479. The van der Waals surface area contributed by atoms with Gasteiger partial charge in [-0.2, -0.15) is 11.8 Å². The van der Waals surface area contributed by atoms with Gasteiger partial charge in [-0.25, -0.2) is 0 Å². The average Bonchev–Trinajstić information content (AvgIpc) is 2.37. The van der Waals surface area contributed by atoms with Gasteiger partial charge in [0, 0.05) is 18.8 Å². The van der Waals surface area contributed by atoms with Crippen LogP contribution in [0.5, 0.6) is 0 Å². The van der Waals surface area contributed by atoms with Crippen LogP contribution >= 0.6 is 11.8 Å². The Morgan fingerprint density at radius 1 is 1.39 bits per heavy atom. The van der Waals surface area contributed by atoms with Crippen molar-refractivity contribution >= 4 is 23.6 Å². The van der Waals surface area contributed by atoms with Gasteiger partial charge in [0.25, 0.3) is 0 Å². The van der Waals surface area contributed by atoms with Crippen molar-refractivity contribution in [2.75, 3.05) is 19.1 Å². The zero-order valence-electron chi connectivity index (χ0n) is 11.1. The predicted molar refractivity (Wildman–Crippen MR) is 73.6 cm³/mol. The van der Waals surface area contributed by atoms with Crippen molar-refractivity contribution in [1.82, 2.24) is 4.90 Å². The molecule has 0 aromatic carbocycles. The summed E-state index contributed by atoms with van der Waals surface area (Å²) in [6.45, 7) is 1.99. The highest BCUT2D eigenvalue weighted by atomic mass is 32.2. The van der Waals surface area contributed by atoms with Crippen molar-refractivity contribution in [2.45, 2.75) is 25.8 Å². The number of rotatable bonds is 5. The lowest BCUT2D eigenvalue weighted by Gasteiger charge is -2.32. The van der Waals surface area contributed by atoms with E-state index in [1.807, 2.05) is 25.3 Å². The number of carboxylic acids is 1. The Bertz CT molecular complexity index is 343. The van der Waals surface area contributed by atoms with Crippen LogP contribution in [0.2, 0.25) is 0 Å². The molecule has 0 heterocycles. The number of hydrogen-bond acceptors (Lipinski definition) is 3. The summed E-state index contributed by atoms with van der Waals surface area (Å²) in [7, 11) is 1.76. The minimum Gasteiger partial charge on any atom is -0.481 e. The number of carboxylic acid groups (broad SMARTS) is 1. The molecule has 0 saturated carbocycles. The number of amides is 1. The quantitative estimate of drug-likeness (QED) is 0.775. The summed E-state index contributed by atoms with van der Waals surface area (Å²) in [5.74, 6) is -1.05. The largest absolute Gasteiger partial charge is 0.481 e. The molecule has 5 heteroatoms. The second-order valence-corrected chi connectivity index (χ2v) is 5.66. The molecule has 0 aromatic rings. The minimum atomic E-state index is -0.872. The lowest BCUT2D eigenvalue weighted by molar-refractivity contribution is -0.150. The fourth-order valence-corrected chi connectivity index (χ4v) is 2.90. The molecule has 0 aliphatic heterocycles. The van der Waals surface area contributed by atoms with Gasteiger partial charge in [0.2, 0.25) is 5.91 Å². The Hall–Kier alpha value is -0.970. The van der Waals surface area contributed by atoms with Gasteiger partial charge in [-0.15, -0.1) is 0 Å². The maximum Gasteiger partial charge on any atom is 0.307 e. The molecule has 1 unspecified atom stereocenters. The Kier molecular flexibility index (Phi) is 5.72. The van der Waals surface area contributed by atoms with Crippen LogP contribution in [0.25, 0.3) is 0 Å². The van der Waals surface area contributed by atoms with Crippen LogP contribution in [0.4, 0.5) is 0 Å². The SMILES string of the molecule is CSCC(C)N(C)C(=O)[C@@H]1CC=CC[C@@H]1C(=O)O. The van der Waals surface area contributed by atoms with Gasteiger partial charge in [-0.05, 0) is 26.0 Å². The van der Waals surface area contributed by atoms with Crippen molar-refractivity contribution in [3.63, 3.8) is 0 Å². The van der Waals surface area contributed by atoms with Crippen LogP contribution in [0, 0.1) is 11.8 Å². The van der Waals surface area contributed by atoms with E-state index in [4.69, 9.17) is 0 Å². The number of thioether (sulfide) groups is 1. The standard InChI is InChI=1S/C13H21NO3S/c1-9(8-18-3)14(2)12(15)10-6-4-5-7-11(10)13(16)17/h4-5,9-11H,6-8H2,1-3H3,(H,16,17)/t9?,10-,11+/m1/s1. The predicted octanol–water partition coefficient (Wildman–Crippen LogP) is 1.86. The maximum absolute atomic E-state index is 12.3. The summed E-state index contributed by atoms with van der Waals surface area (Å²) in [4.78, 5) is 25.2. The summed E-state index contributed by atoms with van der Waals surface area (Å²) in [6, 6.07) is 0.132. The Balaban J connectivity index is 2.75. The van der Waals surface area contributed by atoms with Gasteiger partial charge in [-0.1, -0.05) is 12.2 Å². The number of carbonyl (C=O) groups excluding carboxylic acids is 1. The lowest BCUT2D eigenvalue weighted by Crippen LogP contribution is -2.44. The fourth-order valence-electron chi connectivity index (χ4n) is 2.19. The number of nitrogens with zero attached hydrogens (tertiary/aromatic N) is 1. The Morgan fingerprint density at radius 2 is 1.94 bits per heavy atom. The summed E-state index contributed by atoms with van der Waals surface area (Å²) < 4.78 is 0. The molecule has 1 aliphatic carbocycles. The number of aliphatic carboxylic acids is 1. The van der Waals surface area contributed by atoms with Gasteiger partial charge in [-0.3, -0.25) is 9.59 Å². The highest BCUT2D eigenvalue weighted by Gasteiger charge is 2.36. The van der Waals surface area contributed by atoms with Gasteiger partial charge < -0.3 is 10.0 Å². The van der Waals surface area contributed by atoms with E-state index < -0.39 is 17.8 Å². The third-order valence-electron chi connectivity index (χ3n) is 3.48. The van der Waals surface area contributed by atoms with E-state index in [2.05, 4.69) is 0 Å². The molecule has 0 radical (unpaired) electrons. The highest BCUT2D eigenvalue weighted by molar-refractivity contribution is 7.98. The molecule has 0 bridgehead atoms. The molecule has 1 rings (SSSR count). The van der Waals surface area contributed by atoms with Crippen LogP contribution in [-0.4, -0.2) is 47.0 Å². The van der Waals surface area contributed by atoms with E-state index in [0.29, 0.717) is 12.8 Å². The van der Waals surface area contributed by atoms with E-state index in [0.717, 1.165) is 5.75 Å². The molecule has 3 atom stereocenters. The van der Waals surface area contributed by atoms with Gasteiger partial charge in [0.05, 0.1) is 11.8 Å². The van der Waals surface area contributed by atoms with Gasteiger partial charge in [0.1, 0.15) is 0 Å². The number of carbonyl (C=O) groups is 2. The molecule has 4 nitrogen and oxygen atoms in total. The molecule has 18 heavy (non-hydrogen) atoms. The molecule has 1 amide bonds. The first kappa shape index (κ1) is 15.1. The molecule has 0 spiro atoms. The fraction of sp³-hybridized carbons (Fsp3) is 0.692. The lowest BCUT2D eigenvalue weighted by atomic mass is 9.82. The van der Waals surface area contributed by atoms with Crippen molar-refractivity contribution in [2.24, 2.45) is 11.8 Å². The molecule has 0 fully saturated rings. The van der Waals surface area contributed by atoms with Crippen LogP contribution in [0.1, 0.15) is 19.8 Å². The molecular formula is C13H21NO3S. The Labute approximate surface area is 112 Å². The van der Waals surface area contributed by atoms with E-state index in [9.17, 15) is 14.7 Å². The molecule has 1 aliphatic rings. The normalized spacial score (nSPS) is 24.6. The highest BCUT2D eigenvalue weighted by Crippen LogP contribution is 2.28. The zero-order valence-corrected chi connectivity index (χ0v) is 11.9. The van der Waals surface area contributed by atoms with Crippen molar-refractivity contribution in [3.8, 4) is 0 Å². The first-order chi connectivity index (χ1) is 8.49. The summed E-state index contributed by atoms with van der Waals surface area (Å²) in [6.07, 6.45) is 6.75. The monoisotopic (exact) mass is 271 g/mol. The second-order valence-electron chi connectivity index (χ2n) is 4.75. The molecular weight excluding hydrogens is 250 g/mol. The smallest absolute Gasteiger partial charge is 0.307 e. The van der Waals surface area contributed by atoms with Crippen LogP contribution < -0.4 is 0 Å². The molecule has 1 N–H and O–H groups in total. The third kappa shape index (κ3) is 3.51. The first-order valence-corrected chi connectivity index (χ1v) is 7.51. The van der Waals surface area contributed by atoms with Crippen molar-refractivity contribution in [3.05, 3.63) is 12.2 Å². The van der Waals surface area contributed by atoms with E-state index in [-0.39, 0.29) is 11.9 Å². The summed E-state index contributed by atoms with van der Waals surface area (Å²) >= 11 is 1.69. The summed E-state index contributed by atoms with van der Waals surface area (Å²) in [5, 5.41) is 9.17. The van der Waals surface area contributed by atoms with E-state index in [1.165, 1.54) is 0 Å². The van der Waals surface area contributed by atoms with Crippen LogP contribution in [0.15, 0.2) is 12.2 Å².